The van der Waals surface area contributed by atoms with E-state index >= 15 is 0 Å². The molecule has 0 saturated heterocycles. The van der Waals surface area contributed by atoms with Crippen molar-refractivity contribution in [2.45, 2.75) is 17.4 Å². The van der Waals surface area contributed by atoms with Crippen LogP contribution in [-0.2, 0) is 14.6 Å². The number of carbonyl (C=O) groups is 1. The van der Waals surface area contributed by atoms with Crippen LogP contribution in [0.2, 0.25) is 0 Å². The minimum Gasteiger partial charge on any atom is -0.481 e. The maximum Gasteiger partial charge on any atom is 0.308 e. The van der Waals surface area contributed by atoms with Crippen LogP contribution in [0.1, 0.15) is 12.5 Å². The van der Waals surface area contributed by atoms with E-state index in [2.05, 4.69) is 5.10 Å². The third kappa shape index (κ3) is 1.87. The maximum absolute atomic E-state index is 11.1. The van der Waals surface area contributed by atoms with Gasteiger partial charge in [-0.05, 0) is 6.42 Å². The van der Waals surface area contributed by atoms with Crippen LogP contribution in [0.25, 0.3) is 0 Å². The van der Waals surface area contributed by atoms with Gasteiger partial charge in [-0.15, -0.1) is 0 Å². The number of hydrogen-bond donors (Lipinski definition) is 1. The lowest BCUT2D eigenvalue weighted by atomic mass is 10.4. The molecule has 0 aliphatic heterocycles. The average molecular weight is 230 g/mol. The van der Waals surface area contributed by atoms with Crippen LogP contribution >= 0.6 is 0 Å². The molecule has 2 atom stereocenters. The number of aromatic nitrogens is 2. The molecule has 0 amide bonds. The Hall–Kier alpha value is -1.37. The lowest BCUT2D eigenvalue weighted by Gasteiger charge is -1.96. The number of rotatable bonds is 3. The quantitative estimate of drug-likeness (QED) is 0.785. The van der Waals surface area contributed by atoms with Gasteiger partial charge in [0.2, 0.25) is 0 Å². The van der Waals surface area contributed by atoms with E-state index in [9.17, 15) is 13.2 Å². The highest BCUT2D eigenvalue weighted by Gasteiger charge is 2.45. The maximum atomic E-state index is 11.1. The van der Waals surface area contributed by atoms with Gasteiger partial charge >= 0.3 is 5.97 Å². The van der Waals surface area contributed by atoms with Crippen molar-refractivity contribution in [1.29, 1.82) is 0 Å². The van der Waals surface area contributed by atoms with Crippen LogP contribution in [0.3, 0.4) is 0 Å². The molecule has 15 heavy (non-hydrogen) atoms. The van der Waals surface area contributed by atoms with E-state index < -0.39 is 21.7 Å². The molecule has 0 aromatic carbocycles. The molecule has 1 aliphatic rings. The zero-order valence-corrected chi connectivity index (χ0v) is 8.81. The van der Waals surface area contributed by atoms with Gasteiger partial charge in [-0.25, -0.2) is 8.42 Å². The minimum absolute atomic E-state index is 0.124. The third-order valence-corrected chi connectivity index (χ3v) is 3.49. The zero-order chi connectivity index (χ0) is 11.2. The number of carboxylic acid groups (broad SMARTS) is 1. The summed E-state index contributed by atoms with van der Waals surface area (Å²) < 4.78 is 23.7. The van der Waals surface area contributed by atoms with Crippen molar-refractivity contribution in [3.63, 3.8) is 0 Å². The van der Waals surface area contributed by atoms with Crippen molar-refractivity contribution >= 4 is 15.8 Å². The third-order valence-electron chi connectivity index (χ3n) is 2.42. The molecule has 0 radical (unpaired) electrons. The molecule has 1 aromatic rings. The molecular formula is C8H10N2O4S. The second kappa shape index (κ2) is 3.06. The van der Waals surface area contributed by atoms with Crippen molar-refractivity contribution in [2.24, 2.45) is 5.92 Å². The van der Waals surface area contributed by atoms with Gasteiger partial charge in [0, 0.05) is 12.5 Å². The summed E-state index contributed by atoms with van der Waals surface area (Å²) in [7, 11) is -3.26. The van der Waals surface area contributed by atoms with Gasteiger partial charge in [0.1, 0.15) is 4.90 Å². The fraction of sp³-hybridized carbons (Fsp3) is 0.500. The van der Waals surface area contributed by atoms with Crippen LogP contribution < -0.4 is 0 Å². The topological polar surface area (TPSA) is 89.3 Å². The van der Waals surface area contributed by atoms with Crippen LogP contribution in [0, 0.1) is 5.92 Å². The van der Waals surface area contributed by atoms with E-state index in [1.165, 1.54) is 17.1 Å². The molecule has 1 fully saturated rings. The van der Waals surface area contributed by atoms with Gasteiger partial charge in [-0.3, -0.25) is 9.48 Å². The largest absolute Gasteiger partial charge is 0.481 e. The Bertz CT molecular complexity index is 504. The van der Waals surface area contributed by atoms with Gasteiger partial charge in [0.05, 0.1) is 18.2 Å². The minimum atomic E-state index is -3.26. The van der Waals surface area contributed by atoms with Crippen LogP contribution in [-0.4, -0.2) is 35.5 Å². The van der Waals surface area contributed by atoms with Gasteiger partial charge in [0.25, 0.3) is 0 Å². The van der Waals surface area contributed by atoms with Crippen molar-refractivity contribution in [2.75, 3.05) is 6.26 Å². The molecule has 1 saturated carbocycles. The normalized spacial score (nSPS) is 25.1. The lowest BCUT2D eigenvalue weighted by molar-refractivity contribution is -0.138. The molecule has 2 rings (SSSR count). The van der Waals surface area contributed by atoms with Crippen LogP contribution in [0.5, 0.6) is 0 Å². The average Bonchev–Trinajstić information content (AvgIpc) is 2.74. The molecule has 7 heteroatoms. The summed E-state index contributed by atoms with van der Waals surface area (Å²) in [4.78, 5) is 10.7. The first-order chi connectivity index (χ1) is 6.89. The fourth-order valence-electron chi connectivity index (χ4n) is 1.43. The van der Waals surface area contributed by atoms with Gasteiger partial charge in [-0.2, -0.15) is 5.10 Å². The van der Waals surface area contributed by atoms with Gasteiger partial charge < -0.3 is 5.11 Å². The molecular weight excluding hydrogens is 220 g/mol. The summed E-state index contributed by atoms with van der Waals surface area (Å²) in [5.74, 6) is -1.30. The SMILES string of the molecule is CS(=O)(=O)c1cnn([C@H]2C[C@@H]2C(=O)O)c1. The smallest absolute Gasteiger partial charge is 0.308 e. The Morgan fingerprint density at radius 2 is 2.33 bits per heavy atom. The number of hydrogen-bond acceptors (Lipinski definition) is 4. The van der Waals surface area contributed by atoms with Crippen molar-refractivity contribution in [1.82, 2.24) is 9.78 Å². The Balaban J connectivity index is 2.20. The first-order valence-corrected chi connectivity index (χ1v) is 6.26. The molecule has 6 nitrogen and oxygen atoms in total. The molecule has 1 aromatic heterocycles. The molecule has 82 valence electrons. The summed E-state index contributed by atoms with van der Waals surface area (Å²) in [6.45, 7) is 0. The van der Waals surface area contributed by atoms with E-state index in [4.69, 9.17) is 5.11 Å². The predicted octanol–water partition coefficient (Wildman–Crippen LogP) is -0.0678. The number of aliphatic carboxylic acids is 1. The summed E-state index contributed by atoms with van der Waals surface area (Å²) >= 11 is 0. The van der Waals surface area contributed by atoms with Crippen LogP contribution in [0.4, 0.5) is 0 Å². The molecule has 1 heterocycles. The second-order valence-corrected chi connectivity index (χ2v) is 5.69. The van der Waals surface area contributed by atoms with E-state index in [1.807, 2.05) is 0 Å². The fourth-order valence-corrected chi connectivity index (χ4v) is 1.97. The lowest BCUT2D eigenvalue weighted by Crippen LogP contribution is -2.04. The van der Waals surface area contributed by atoms with Crippen molar-refractivity contribution in [3.8, 4) is 0 Å². The van der Waals surface area contributed by atoms with E-state index in [-0.39, 0.29) is 10.9 Å². The summed E-state index contributed by atoms with van der Waals surface area (Å²) in [6.07, 6.45) is 4.23. The van der Waals surface area contributed by atoms with Gasteiger partial charge in [0.15, 0.2) is 9.84 Å². The van der Waals surface area contributed by atoms with Crippen LogP contribution in [0.15, 0.2) is 17.3 Å². The molecule has 0 unspecified atom stereocenters. The number of sulfone groups is 1. The first kappa shape index (κ1) is 10.2. The molecule has 0 bridgehead atoms. The highest BCUT2D eigenvalue weighted by atomic mass is 32.2. The summed E-state index contributed by atoms with van der Waals surface area (Å²) in [6, 6.07) is -0.196. The Labute approximate surface area is 86.4 Å². The Kier molecular flexibility index (Phi) is 2.07. The van der Waals surface area contributed by atoms with Crippen molar-refractivity contribution in [3.05, 3.63) is 12.4 Å². The predicted molar refractivity (Wildman–Crippen MR) is 50.1 cm³/mol. The molecule has 0 spiro atoms. The Morgan fingerprint density at radius 3 is 2.73 bits per heavy atom. The highest BCUT2D eigenvalue weighted by Crippen LogP contribution is 2.43. The van der Waals surface area contributed by atoms with E-state index in [0.717, 1.165) is 6.26 Å². The summed E-state index contributed by atoms with van der Waals surface area (Å²) in [5.41, 5.74) is 0. The zero-order valence-electron chi connectivity index (χ0n) is 7.99. The standard InChI is InChI=1S/C8H10N2O4S/c1-15(13,14)5-3-9-10(4-5)7-2-6(7)8(11)12/h3-4,6-7H,2H2,1H3,(H,11,12)/t6-,7-/m0/s1. The summed E-state index contributed by atoms with van der Waals surface area (Å²) in [5, 5.41) is 12.5. The number of nitrogens with zero attached hydrogens (tertiary/aromatic N) is 2. The second-order valence-electron chi connectivity index (χ2n) is 3.68. The number of carboxylic acids is 1. The van der Waals surface area contributed by atoms with E-state index in [0.29, 0.717) is 6.42 Å². The highest BCUT2D eigenvalue weighted by molar-refractivity contribution is 7.90. The Morgan fingerprint density at radius 1 is 1.67 bits per heavy atom. The molecule has 1 aliphatic carbocycles. The monoisotopic (exact) mass is 230 g/mol. The molecule has 1 N–H and O–H groups in total. The van der Waals surface area contributed by atoms with Crippen molar-refractivity contribution < 1.29 is 18.3 Å². The first-order valence-electron chi connectivity index (χ1n) is 4.36. The van der Waals surface area contributed by atoms with E-state index in [1.54, 1.807) is 0 Å². The van der Waals surface area contributed by atoms with Gasteiger partial charge in [-0.1, -0.05) is 0 Å².